The summed E-state index contributed by atoms with van der Waals surface area (Å²) in [7, 11) is 3.06. The van der Waals surface area contributed by atoms with Gasteiger partial charge in [-0.25, -0.2) is 10.2 Å². The van der Waals surface area contributed by atoms with Gasteiger partial charge in [0.25, 0.3) is 5.91 Å². The Hall–Kier alpha value is -4.33. The molecule has 3 aromatic carbocycles. The zero-order valence-electron chi connectivity index (χ0n) is 17.6. The molecule has 0 aliphatic carbocycles. The highest BCUT2D eigenvalue weighted by Gasteiger charge is 2.08. The fraction of sp³-hybridized carbons (Fsp3) is 0.125. The molecular weight excluding hydrogens is 412 g/mol. The molecule has 0 bridgehead atoms. The molecule has 0 aliphatic rings. The zero-order valence-corrected chi connectivity index (χ0v) is 17.6. The molecular formula is C24H22N2O6. The predicted molar refractivity (Wildman–Crippen MR) is 119 cm³/mol. The number of carboxylic acids is 1. The number of hydrazone groups is 1. The highest BCUT2D eigenvalue weighted by molar-refractivity contribution is 5.95. The van der Waals surface area contributed by atoms with Gasteiger partial charge in [-0.3, -0.25) is 4.79 Å². The Morgan fingerprint density at radius 1 is 0.938 bits per heavy atom. The van der Waals surface area contributed by atoms with Crippen LogP contribution in [0.15, 0.2) is 71.8 Å². The fourth-order valence-electron chi connectivity index (χ4n) is 2.78. The molecule has 0 atom stereocenters. The van der Waals surface area contributed by atoms with Crippen LogP contribution in [0, 0.1) is 0 Å². The van der Waals surface area contributed by atoms with E-state index in [1.54, 1.807) is 54.6 Å². The minimum absolute atomic E-state index is 0.216. The Kier molecular flexibility index (Phi) is 7.42. The van der Waals surface area contributed by atoms with Gasteiger partial charge < -0.3 is 19.3 Å². The van der Waals surface area contributed by atoms with Crippen molar-refractivity contribution in [2.45, 2.75) is 6.61 Å². The van der Waals surface area contributed by atoms with Crippen molar-refractivity contribution in [1.82, 2.24) is 5.43 Å². The van der Waals surface area contributed by atoms with E-state index in [1.807, 2.05) is 0 Å². The van der Waals surface area contributed by atoms with Crippen molar-refractivity contribution in [3.63, 3.8) is 0 Å². The lowest BCUT2D eigenvalue weighted by Crippen LogP contribution is -2.17. The van der Waals surface area contributed by atoms with Gasteiger partial charge in [0, 0.05) is 5.56 Å². The number of hydrogen-bond donors (Lipinski definition) is 2. The lowest BCUT2D eigenvalue weighted by Gasteiger charge is -2.11. The van der Waals surface area contributed by atoms with E-state index >= 15 is 0 Å². The molecule has 0 aliphatic heterocycles. The van der Waals surface area contributed by atoms with Gasteiger partial charge in [-0.15, -0.1) is 0 Å². The first-order valence-corrected chi connectivity index (χ1v) is 9.60. The molecule has 0 radical (unpaired) electrons. The number of hydrogen-bond acceptors (Lipinski definition) is 6. The van der Waals surface area contributed by atoms with Crippen LogP contribution in [-0.2, 0) is 6.61 Å². The van der Waals surface area contributed by atoms with Gasteiger partial charge in [0.1, 0.15) is 12.4 Å². The van der Waals surface area contributed by atoms with Crippen molar-refractivity contribution in [2.75, 3.05) is 14.2 Å². The SMILES string of the molecule is COc1cccc(C(=O)N/N=C\c2ccc(OCc3ccc(C(=O)O)cc3)c(OC)c2)c1. The second kappa shape index (κ2) is 10.6. The van der Waals surface area contributed by atoms with Crippen LogP contribution >= 0.6 is 0 Å². The van der Waals surface area contributed by atoms with Gasteiger partial charge >= 0.3 is 5.97 Å². The number of rotatable bonds is 9. The molecule has 0 fully saturated rings. The van der Waals surface area contributed by atoms with Crippen LogP contribution in [0.3, 0.4) is 0 Å². The number of carboxylic acid groups (broad SMARTS) is 1. The second-order valence-electron chi connectivity index (χ2n) is 6.63. The zero-order chi connectivity index (χ0) is 22.9. The average molecular weight is 434 g/mol. The second-order valence-corrected chi connectivity index (χ2v) is 6.63. The maximum atomic E-state index is 12.2. The summed E-state index contributed by atoms with van der Waals surface area (Å²) in [5.41, 5.74) is 4.64. The first-order chi connectivity index (χ1) is 15.5. The molecule has 32 heavy (non-hydrogen) atoms. The third-order valence-corrected chi connectivity index (χ3v) is 4.49. The van der Waals surface area contributed by atoms with E-state index in [2.05, 4.69) is 10.5 Å². The molecule has 0 heterocycles. The minimum Gasteiger partial charge on any atom is -0.497 e. The minimum atomic E-state index is -0.976. The van der Waals surface area contributed by atoms with Crippen molar-refractivity contribution < 1.29 is 28.9 Å². The van der Waals surface area contributed by atoms with E-state index in [9.17, 15) is 9.59 Å². The third kappa shape index (κ3) is 5.85. The van der Waals surface area contributed by atoms with Crippen LogP contribution < -0.4 is 19.6 Å². The molecule has 0 unspecified atom stereocenters. The molecule has 3 aromatic rings. The van der Waals surface area contributed by atoms with Crippen molar-refractivity contribution in [3.8, 4) is 17.2 Å². The summed E-state index contributed by atoms with van der Waals surface area (Å²) < 4.78 is 16.3. The summed E-state index contributed by atoms with van der Waals surface area (Å²) >= 11 is 0. The molecule has 2 N–H and O–H groups in total. The predicted octanol–water partition coefficient (Wildman–Crippen LogP) is 3.74. The van der Waals surface area contributed by atoms with Crippen LogP contribution in [0.25, 0.3) is 0 Å². The molecule has 0 saturated heterocycles. The Bertz CT molecular complexity index is 1130. The largest absolute Gasteiger partial charge is 0.497 e. The first kappa shape index (κ1) is 22.4. The summed E-state index contributed by atoms with van der Waals surface area (Å²) in [6.07, 6.45) is 1.50. The van der Waals surface area contributed by atoms with Crippen LogP contribution in [0.1, 0.15) is 31.8 Å². The van der Waals surface area contributed by atoms with Crippen LogP contribution in [0.5, 0.6) is 17.2 Å². The van der Waals surface area contributed by atoms with Crippen molar-refractivity contribution in [2.24, 2.45) is 5.10 Å². The summed E-state index contributed by atoms with van der Waals surface area (Å²) in [5.74, 6) is 0.263. The van der Waals surface area contributed by atoms with E-state index in [1.165, 1.54) is 32.6 Å². The highest BCUT2D eigenvalue weighted by Crippen LogP contribution is 2.28. The lowest BCUT2D eigenvalue weighted by atomic mass is 10.1. The van der Waals surface area contributed by atoms with Crippen molar-refractivity contribution in [1.29, 1.82) is 0 Å². The van der Waals surface area contributed by atoms with E-state index in [0.29, 0.717) is 28.4 Å². The molecule has 0 spiro atoms. The first-order valence-electron chi connectivity index (χ1n) is 9.60. The quantitative estimate of drug-likeness (QED) is 0.393. The van der Waals surface area contributed by atoms with E-state index in [-0.39, 0.29) is 18.1 Å². The van der Waals surface area contributed by atoms with Crippen molar-refractivity contribution in [3.05, 3.63) is 89.0 Å². The topological polar surface area (TPSA) is 106 Å². The summed E-state index contributed by atoms with van der Waals surface area (Å²) in [4.78, 5) is 23.1. The van der Waals surface area contributed by atoms with Gasteiger partial charge in [-0.1, -0.05) is 18.2 Å². The third-order valence-electron chi connectivity index (χ3n) is 4.49. The number of nitrogens with zero attached hydrogens (tertiary/aromatic N) is 1. The molecule has 0 aromatic heterocycles. The van der Waals surface area contributed by atoms with Crippen LogP contribution in [0.2, 0.25) is 0 Å². The number of carbonyl (C=O) groups excluding carboxylic acids is 1. The highest BCUT2D eigenvalue weighted by atomic mass is 16.5. The van der Waals surface area contributed by atoms with Gasteiger partial charge in [-0.2, -0.15) is 5.10 Å². The molecule has 8 heteroatoms. The van der Waals surface area contributed by atoms with Gasteiger partial charge in [0.2, 0.25) is 0 Å². The normalized spacial score (nSPS) is 10.6. The maximum absolute atomic E-state index is 12.2. The fourth-order valence-corrected chi connectivity index (χ4v) is 2.78. The molecule has 164 valence electrons. The average Bonchev–Trinajstić information content (AvgIpc) is 2.83. The number of benzene rings is 3. The van der Waals surface area contributed by atoms with E-state index in [0.717, 1.165) is 5.56 Å². The number of methoxy groups -OCH3 is 2. The maximum Gasteiger partial charge on any atom is 0.335 e. The van der Waals surface area contributed by atoms with Gasteiger partial charge in [-0.05, 0) is 59.7 Å². The Morgan fingerprint density at radius 3 is 2.41 bits per heavy atom. The lowest BCUT2D eigenvalue weighted by molar-refractivity contribution is 0.0696. The van der Waals surface area contributed by atoms with E-state index in [4.69, 9.17) is 19.3 Å². The Labute approximate surface area is 185 Å². The molecule has 1 amide bonds. The van der Waals surface area contributed by atoms with Crippen LogP contribution in [0.4, 0.5) is 0 Å². The van der Waals surface area contributed by atoms with Gasteiger partial charge in [0.15, 0.2) is 11.5 Å². The van der Waals surface area contributed by atoms with Crippen LogP contribution in [-0.4, -0.2) is 37.4 Å². The standard InChI is InChI=1S/C24H22N2O6/c1-30-20-5-3-4-19(13-20)23(27)26-25-14-17-8-11-21(22(12-17)31-2)32-15-16-6-9-18(10-7-16)24(28)29/h3-14H,15H2,1-2H3,(H,26,27)(H,28,29)/b25-14-. The number of aromatic carboxylic acids is 1. The number of ether oxygens (including phenoxy) is 3. The van der Waals surface area contributed by atoms with E-state index < -0.39 is 5.97 Å². The number of amides is 1. The number of nitrogens with one attached hydrogen (secondary N) is 1. The van der Waals surface area contributed by atoms with Gasteiger partial charge in [0.05, 0.1) is 26.0 Å². The number of carbonyl (C=O) groups is 2. The monoisotopic (exact) mass is 434 g/mol. The Morgan fingerprint density at radius 2 is 1.72 bits per heavy atom. The summed E-state index contributed by atoms with van der Waals surface area (Å²) in [5, 5.41) is 12.9. The molecule has 0 saturated carbocycles. The van der Waals surface area contributed by atoms with Crippen molar-refractivity contribution >= 4 is 18.1 Å². The Balaban J connectivity index is 1.61. The summed E-state index contributed by atoms with van der Waals surface area (Å²) in [6.45, 7) is 0.250. The smallest absolute Gasteiger partial charge is 0.335 e. The molecule has 3 rings (SSSR count). The molecule has 8 nitrogen and oxygen atoms in total. The summed E-state index contributed by atoms with van der Waals surface area (Å²) in [6, 6.07) is 18.4.